The lowest BCUT2D eigenvalue weighted by Crippen LogP contribution is -2.18. The van der Waals surface area contributed by atoms with Crippen molar-refractivity contribution in [1.82, 2.24) is 20.3 Å². The fourth-order valence-electron chi connectivity index (χ4n) is 3.72. The molecular weight excluding hydrogens is 467 g/mol. The van der Waals surface area contributed by atoms with Gasteiger partial charge >= 0.3 is 0 Å². The molecule has 34 heavy (non-hydrogen) atoms. The van der Waals surface area contributed by atoms with E-state index in [0.29, 0.717) is 28.8 Å². The van der Waals surface area contributed by atoms with Gasteiger partial charge in [-0.1, -0.05) is 45.7 Å². The molecule has 1 unspecified atom stereocenters. The summed E-state index contributed by atoms with van der Waals surface area (Å²) in [6.45, 7) is 11.4. The van der Waals surface area contributed by atoms with Crippen LogP contribution in [0.1, 0.15) is 45.5 Å². The molecule has 1 fully saturated rings. The Balaban J connectivity index is 1.70. The van der Waals surface area contributed by atoms with Crippen LogP contribution in [0.5, 0.6) is 0 Å². The smallest absolute Gasteiger partial charge is 0.223 e. The summed E-state index contributed by atoms with van der Waals surface area (Å²) in [5.41, 5.74) is 2.17. The number of anilines is 2. The summed E-state index contributed by atoms with van der Waals surface area (Å²) in [5.74, 6) is 1.79. The number of benzene rings is 1. The SMILES string of the molecule is CCCSNc1cccc(-c2nc(C(C)(C)C)sc2-c2ccnc(NCC3CCNC3)n2)c1F. The van der Waals surface area contributed by atoms with E-state index >= 15 is 4.39 Å². The van der Waals surface area contributed by atoms with Crippen LogP contribution < -0.4 is 15.4 Å². The summed E-state index contributed by atoms with van der Waals surface area (Å²) in [6, 6.07) is 7.31. The Kier molecular flexibility index (Phi) is 8.06. The van der Waals surface area contributed by atoms with Crippen molar-refractivity contribution in [1.29, 1.82) is 0 Å². The lowest BCUT2D eigenvalue weighted by molar-refractivity contribution is 0.585. The van der Waals surface area contributed by atoms with Gasteiger partial charge in [0, 0.05) is 29.5 Å². The van der Waals surface area contributed by atoms with Crippen LogP contribution in [0.3, 0.4) is 0 Å². The Morgan fingerprint density at radius 2 is 2.09 bits per heavy atom. The van der Waals surface area contributed by atoms with Crippen LogP contribution in [0, 0.1) is 11.7 Å². The first-order chi connectivity index (χ1) is 16.4. The number of thiazole rings is 1. The van der Waals surface area contributed by atoms with Crippen molar-refractivity contribution in [2.75, 3.05) is 35.4 Å². The molecule has 1 aliphatic rings. The quantitative estimate of drug-likeness (QED) is 0.239. The topological polar surface area (TPSA) is 74.8 Å². The monoisotopic (exact) mass is 500 g/mol. The van der Waals surface area contributed by atoms with Gasteiger partial charge in [0.15, 0.2) is 5.82 Å². The molecule has 0 amide bonds. The minimum absolute atomic E-state index is 0.162. The second-order valence-corrected chi connectivity index (χ2v) is 11.5. The van der Waals surface area contributed by atoms with Crippen molar-refractivity contribution in [3.63, 3.8) is 0 Å². The molecule has 0 bridgehead atoms. The average Bonchev–Trinajstić information content (AvgIpc) is 3.49. The molecule has 182 valence electrons. The molecular formula is C25H33FN6S2. The van der Waals surface area contributed by atoms with E-state index in [0.717, 1.165) is 53.8 Å². The van der Waals surface area contributed by atoms with Crippen LogP contribution in [0.2, 0.25) is 0 Å². The van der Waals surface area contributed by atoms with E-state index in [-0.39, 0.29) is 11.2 Å². The maximum Gasteiger partial charge on any atom is 0.223 e. The van der Waals surface area contributed by atoms with Gasteiger partial charge in [-0.15, -0.1) is 11.3 Å². The van der Waals surface area contributed by atoms with Gasteiger partial charge in [0.25, 0.3) is 0 Å². The molecule has 3 N–H and O–H groups in total. The number of hydrogen-bond donors (Lipinski definition) is 3. The number of aromatic nitrogens is 3. The minimum Gasteiger partial charge on any atom is -0.354 e. The van der Waals surface area contributed by atoms with Gasteiger partial charge in [-0.25, -0.2) is 19.3 Å². The summed E-state index contributed by atoms with van der Waals surface area (Å²) in [4.78, 5) is 15.0. The minimum atomic E-state index is -0.292. The first-order valence-corrected chi connectivity index (χ1v) is 13.6. The van der Waals surface area contributed by atoms with Gasteiger partial charge in [0.1, 0.15) is 0 Å². The Bertz CT molecular complexity index is 1110. The molecule has 2 aromatic heterocycles. The molecule has 4 rings (SSSR count). The predicted octanol–water partition coefficient (Wildman–Crippen LogP) is 6.20. The van der Waals surface area contributed by atoms with Gasteiger partial charge in [0.2, 0.25) is 5.95 Å². The summed E-state index contributed by atoms with van der Waals surface area (Å²) in [5, 5.41) is 7.71. The Morgan fingerprint density at radius 1 is 1.24 bits per heavy atom. The lowest BCUT2D eigenvalue weighted by Gasteiger charge is -2.13. The number of rotatable bonds is 9. The van der Waals surface area contributed by atoms with Crippen LogP contribution in [-0.2, 0) is 5.41 Å². The molecule has 1 aromatic carbocycles. The summed E-state index contributed by atoms with van der Waals surface area (Å²) in [7, 11) is 0. The highest BCUT2D eigenvalue weighted by molar-refractivity contribution is 8.00. The number of nitrogens with zero attached hydrogens (tertiary/aromatic N) is 3. The predicted molar refractivity (Wildman–Crippen MR) is 143 cm³/mol. The van der Waals surface area contributed by atoms with E-state index in [1.807, 2.05) is 12.1 Å². The van der Waals surface area contributed by atoms with Gasteiger partial charge in [-0.05, 0) is 50.0 Å². The molecule has 0 saturated carbocycles. The van der Waals surface area contributed by atoms with Crippen molar-refractivity contribution in [3.05, 3.63) is 41.3 Å². The van der Waals surface area contributed by atoms with E-state index in [4.69, 9.17) is 9.97 Å². The number of halogens is 1. The number of hydrogen-bond acceptors (Lipinski definition) is 8. The second kappa shape index (κ2) is 11.0. The molecule has 3 heterocycles. The van der Waals surface area contributed by atoms with Crippen molar-refractivity contribution in [2.45, 2.75) is 46.0 Å². The van der Waals surface area contributed by atoms with Crippen molar-refractivity contribution < 1.29 is 4.39 Å². The third-order valence-corrected chi connectivity index (χ3v) is 8.09. The summed E-state index contributed by atoms with van der Waals surface area (Å²) >= 11 is 3.08. The largest absolute Gasteiger partial charge is 0.354 e. The Hall–Kier alpha value is -2.23. The van der Waals surface area contributed by atoms with E-state index in [1.165, 1.54) is 11.9 Å². The normalized spacial score (nSPS) is 16.1. The third kappa shape index (κ3) is 5.87. The highest BCUT2D eigenvalue weighted by Crippen LogP contribution is 2.42. The molecule has 1 saturated heterocycles. The van der Waals surface area contributed by atoms with E-state index in [2.05, 4.69) is 48.0 Å². The van der Waals surface area contributed by atoms with E-state index in [9.17, 15) is 0 Å². The second-order valence-electron chi connectivity index (χ2n) is 9.57. The first-order valence-electron chi connectivity index (χ1n) is 11.8. The van der Waals surface area contributed by atoms with Crippen molar-refractivity contribution in [2.24, 2.45) is 5.92 Å². The highest BCUT2D eigenvalue weighted by atomic mass is 32.2. The van der Waals surface area contributed by atoms with E-state index in [1.54, 1.807) is 29.7 Å². The van der Waals surface area contributed by atoms with Crippen LogP contribution in [0.4, 0.5) is 16.0 Å². The molecule has 9 heteroatoms. The average molecular weight is 501 g/mol. The van der Waals surface area contributed by atoms with Gasteiger partial charge in [-0.3, -0.25) is 0 Å². The molecule has 1 aliphatic heterocycles. The van der Waals surface area contributed by atoms with Crippen molar-refractivity contribution in [3.8, 4) is 21.8 Å². The van der Waals surface area contributed by atoms with E-state index < -0.39 is 0 Å². The fourth-order valence-corrected chi connectivity index (χ4v) is 5.44. The molecule has 3 aromatic rings. The van der Waals surface area contributed by atoms with Crippen molar-refractivity contribution >= 4 is 34.9 Å². The zero-order valence-electron chi connectivity index (χ0n) is 20.2. The lowest BCUT2D eigenvalue weighted by atomic mass is 9.98. The molecule has 6 nitrogen and oxygen atoms in total. The zero-order valence-corrected chi connectivity index (χ0v) is 21.9. The van der Waals surface area contributed by atoms with Gasteiger partial charge in [-0.2, -0.15) is 0 Å². The molecule has 0 radical (unpaired) electrons. The molecule has 1 atom stereocenters. The summed E-state index contributed by atoms with van der Waals surface area (Å²) < 4.78 is 18.7. The Labute approximate surface area is 209 Å². The van der Waals surface area contributed by atoms with Crippen LogP contribution in [0.25, 0.3) is 21.8 Å². The first kappa shape index (κ1) is 24.9. The zero-order chi connectivity index (χ0) is 24.1. The third-order valence-electron chi connectivity index (χ3n) is 5.61. The molecule has 0 spiro atoms. The van der Waals surface area contributed by atoms with Crippen LogP contribution >= 0.6 is 23.3 Å². The standard InChI is InChI=1S/C25H33FN6S2/c1-5-13-33-32-18-8-6-7-17(20(18)26)21-22(34-23(31-21)25(2,3)4)19-10-12-28-24(30-19)29-15-16-9-11-27-14-16/h6-8,10,12,16,27,32H,5,9,11,13-15H2,1-4H3,(H,28,29,30). The summed E-state index contributed by atoms with van der Waals surface area (Å²) in [6.07, 6.45) is 3.93. The van der Waals surface area contributed by atoms with Gasteiger partial charge in [0.05, 0.1) is 27.0 Å². The maximum atomic E-state index is 15.6. The highest BCUT2D eigenvalue weighted by Gasteiger charge is 2.26. The fraction of sp³-hybridized carbons (Fsp3) is 0.480. The van der Waals surface area contributed by atoms with Crippen LogP contribution in [0.15, 0.2) is 30.5 Å². The maximum absolute atomic E-state index is 15.6. The molecule has 0 aliphatic carbocycles. The van der Waals surface area contributed by atoms with Crippen LogP contribution in [-0.4, -0.2) is 40.3 Å². The van der Waals surface area contributed by atoms with Gasteiger partial charge < -0.3 is 15.4 Å². The number of nitrogens with one attached hydrogen (secondary N) is 3. The Morgan fingerprint density at radius 3 is 2.82 bits per heavy atom.